The molecule has 0 amide bonds. The molecule has 0 radical (unpaired) electrons. The lowest BCUT2D eigenvalue weighted by molar-refractivity contribution is 0.446. The van der Waals surface area contributed by atoms with Crippen LogP contribution in [0.25, 0.3) is 22.3 Å². The van der Waals surface area contributed by atoms with E-state index < -0.39 is 8.07 Å². The van der Waals surface area contributed by atoms with Gasteiger partial charge in [0.25, 0.3) is 0 Å². The highest BCUT2D eigenvalue weighted by Gasteiger charge is 2.62. The molecule has 6 aromatic rings. The fourth-order valence-corrected chi connectivity index (χ4v) is 16.5. The second kappa shape index (κ2) is 8.59. The van der Waals surface area contributed by atoms with Gasteiger partial charge in [-0.2, -0.15) is 0 Å². The minimum Gasteiger partial charge on any atom is -0.457 e. The molecule has 2 aliphatic carbocycles. The Bertz CT molecular complexity index is 2750. The molecular formula is C48H41NO2Si. The normalized spacial score (nSPS) is 20.8. The SMILES string of the molecule is Cc1cc2c3c(c1)Oc1c4c(c5c6c1[Si]3(C)c1c(cc3c(c1O2)C(C)(C)c1ccccc1-3)N6c1ccc(C)cc1C5(C)C)-c1ccccc1C4(C)C. The molecule has 52 heavy (non-hydrogen) atoms. The first-order chi connectivity index (χ1) is 24.8. The van der Waals surface area contributed by atoms with Crippen LogP contribution in [0, 0.1) is 13.8 Å². The summed E-state index contributed by atoms with van der Waals surface area (Å²) in [5, 5.41) is 4.10. The van der Waals surface area contributed by atoms with E-state index in [9.17, 15) is 0 Å². The third kappa shape index (κ3) is 2.93. The lowest BCUT2D eigenvalue weighted by atomic mass is 9.69. The molecule has 0 fully saturated rings. The molecule has 0 bridgehead atoms. The summed E-state index contributed by atoms with van der Waals surface area (Å²) in [6, 6.07) is 32.4. The van der Waals surface area contributed by atoms with E-state index in [1.54, 1.807) is 0 Å². The fourth-order valence-electron chi connectivity index (χ4n) is 11.8. The summed E-state index contributed by atoms with van der Waals surface area (Å²) in [6.07, 6.45) is 0. The van der Waals surface area contributed by atoms with Crippen molar-refractivity contribution >= 4 is 40.7 Å². The Morgan fingerprint density at radius 3 is 1.83 bits per heavy atom. The highest BCUT2D eigenvalue weighted by molar-refractivity contribution is 7.14. The zero-order valence-corrected chi connectivity index (χ0v) is 32.3. The topological polar surface area (TPSA) is 21.7 Å². The van der Waals surface area contributed by atoms with Crippen LogP contribution in [0.4, 0.5) is 17.1 Å². The molecule has 0 spiro atoms. The van der Waals surface area contributed by atoms with Crippen LogP contribution in [0.1, 0.15) is 86.1 Å². The van der Waals surface area contributed by atoms with Crippen molar-refractivity contribution < 1.29 is 9.47 Å². The van der Waals surface area contributed by atoms with Crippen LogP contribution in [0.3, 0.4) is 0 Å². The van der Waals surface area contributed by atoms with Gasteiger partial charge in [0.1, 0.15) is 23.0 Å². The number of aryl methyl sites for hydroxylation is 2. The van der Waals surface area contributed by atoms with Gasteiger partial charge in [-0.15, -0.1) is 0 Å². The van der Waals surface area contributed by atoms with Crippen molar-refractivity contribution in [1.29, 1.82) is 0 Å². The summed E-state index contributed by atoms with van der Waals surface area (Å²) in [4.78, 5) is 2.65. The number of benzene rings is 6. The molecule has 4 heterocycles. The standard InChI is InChI=1S/C48H41NO2Si/c1-24-18-19-32-31(20-24)48(7,8)38-36-27-15-11-13-17-30(27)47(5,6)39(36)42-45-40(38)49(32)33-23-28-26-14-10-12-16-29(26)46(3,4)37(28)41-43(33)52(45,9)44-34(50-41)21-25(2)22-35(44)51-42/h10-23H,1-9H3. The Labute approximate surface area is 306 Å². The number of anilines is 3. The van der Waals surface area contributed by atoms with Crippen LogP contribution in [-0.4, -0.2) is 8.07 Å². The van der Waals surface area contributed by atoms with E-state index in [0.717, 1.165) is 28.6 Å². The summed E-state index contributed by atoms with van der Waals surface area (Å²) in [6.45, 7) is 21.6. The van der Waals surface area contributed by atoms with Crippen molar-refractivity contribution in [2.45, 2.75) is 78.2 Å². The highest BCUT2D eigenvalue weighted by Crippen LogP contribution is 2.66. The predicted molar refractivity (Wildman–Crippen MR) is 215 cm³/mol. The Kier molecular flexibility index (Phi) is 4.87. The Morgan fingerprint density at radius 1 is 0.519 bits per heavy atom. The van der Waals surface area contributed by atoms with E-state index in [1.807, 2.05) is 0 Å². The van der Waals surface area contributed by atoms with Gasteiger partial charge in [0.15, 0.2) is 8.07 Å². The average Bonchev–Trinajstić information content (AvgIpc) is 3.47. The number of hydrogen-bond donors (Lipinski definition) is 0. The number of nitrogens with zero attached hydrogens (tertiary/aromatic N) is 1. The lowest BCUT2D eigenvalue weighted by Crippen LogP contribution is -2.72. The Morgan fingerprint density at radius 2 is 1.12 bits per heavy atom. The Hall–Kier alpha value is -5.06. The first-order valence-corrected chi connectivity index (χ1v) is 21.4. The maximum Gasteiger partial charge on any atom is 0.170 e. The largest absolute Gasteiger partial charge is 0.457 e. The molecule has 12 rings (SSSR count). The summed E-state index contributed by atoms with van der Waals surface area (Å²) in [5.41, 5.74) is 19.2. The molecule has 0 aromatic heterocycles. The van der Waals surface area contributed by atoms with E-state index in [0.29, 0.717) is 0 Å². The molecule has 0 saturated heterocycles. The summed E-state index contributed by atoms with van der Waals surface area (Å²) >= 11 is 0. The van der Waals surface area contributed by atoms with Crippen molar-refractivity contribution in [1.82, 2.24) is 0 Å². The van der Waals surface area contributed by atoms with Crippen molar-refractivity contribution in [3.8, 4) is 45.3 Å². The van der Waals surface area contributed by atoms with Gasteiger partial charge in [-0.05, 0) is 88.2 Å². The van der Waals surface area contributed by atoms with E-state index in [1.165, 1.54) is 93.8 Å². The molecule has 6 aromatic carbocycles. The van der Waals surface area contributed by atoms with Crippen LogP contribution < -0.4 is 29.9 Å². The number of fused-ring (bicyclic) bond motifs is 12. The summed E-state index contributed by atoms with van der Waals surface area (Å²) in [7, 11) is -2.79. The zero-order chi connectivity index (χ0) is 35.6. The molecule has 1 unspecified atom stereocenters. The molecule has 0 saturated carbocycles. The maximum atomic E-state index is 7.46. The van der Waals surface area contributed by atoms with Gasteiger partial charge in [-0.3, -0.25) is 0 Å². The number of rotatable bonds is 0. The smallest absolute Gasteiger partial charge is 0.170 e. The van der Waals surface area contributed by atoms with Gasteiger partial charge in [0.2, 0.25) is 0 Å². The second-order valence-corrected chi connectivity index (χ2v) is 21.7. The third-order valence-corrected chi connectivity index (χ3v) is 18.4. The quantitative estimate of drug-likeness (QED) is 0.148. The molecule has 4 heteroatoms. The lowest BCUT2D eigenvalue weighted by Gasteiger charge is -2.54. The molecule has 0 N–H and O–H groups in total. The van der Waals surface area contributed by atoms with Crippen LogP contribution >= 0.6 is 0 Å². The fraction of sp³-hybridized carbons (Fsp3) is 0.250. The van der Waals surface area contributed by atoms with E-state index >= 15 is 0 Å². The number of ether oxygens (including phenoxy) is 2. The third-order valence-electron chi connectivity index (χ3n) is 14.0. The Balaban J connectivity index is 1.35. The van der Waals surface area contributed by atoms with Gasteiger partial charge in [0.05, 0.1) is 17.1 Å². The van der Waals surface area contributed by atoms with E-state index in [4.69, 9.17) is 9.47 Å². The zero-order valence-electron chi connectivity index (χ0n) is 31.3. The van der Waals surface area contributed by atoms with E-state index in [-0.39, 0.29) is 16.2 Å². The highest BCUT2D eigenvalue weighted by atomic mass is 28.3. The van der Waals surface area contributed by atoms with Crippen LogP contribution in [0.5, 0.6) is 23.0 Å². The van der Waals surface area contributed by atoms with Crippen molar-refractivity contribution in [3.05, 3.63) is 129 Å². The molecule has 1 atom stereocenters. The monoisotopic (exact) mass is 691 g/mol. The van der Waals surface area contributed by atoms with Gasteiger partial charge in [-0.1, -0.05) is 114 Å². The number of hydrogen-bond acceptors (Lipinski definition) is 3. The van der Waals surface area contributed by atoms with Gasteiger partial charge >= 0.3 is 0 Å². The molecule has 6 aliphatic rings. The first-order valence-electron chi connectivity index (χ1n) is 18.9. The molecular weight excluding hydrogens is 651 g/mol. The van der Waals surface area contributed by atoms with Crippen LogP contribution in [0.15, 0.2) is 84.9 Å². The molecule has 254 valence electrons. The summed E-state index contributed by atoms with van der Waals surface area (Å²) < 4.78 is 14.9. The van der Waals surface area contributed by atoms with Gasteiger partial charge in [-0.25, -0.2) is 0 Å². The van der Waals surface area contributed by atoms with Crippen molar-refractivity contribution in [2.75, 3.05) is 4.90 Å². The van der Waals surface area contributed by atoms with Gasteiger partial charge < -0.3 is 14.4 Å². The van der Waals surface area contributed by atoms with Crippen molar-refractivity contribution in [2.24, 2.45) is 0 Å². The maximum absolute atomic E-state index is 7.46. The predicted octanol–water partition coefficient (Wildman–Crippen LogP) is 10.6. The van der Waals surface area contributed by atoms with Crippen LogP contribution in [-0.2, 0) is 16.2 Å². The van der Waals surface area contributed by atoms with Crippen LogP contribution in [0.2, 0.25) is 6.55 Å². The average molecular weight is 692 g/mol. The van der Waals surface area contributed by atoms with Crippen molar-refractivity contribution in [3.63, 3.8) is 0 Å². The minimum atomic E-state index is -2.79. The van der Waals surface area contributed by atoms with E-state index in [2.05, 4.69) is 152 Å². The molecule has 4 aliphatic heterocycles. The minimum absolute atomic E-state index is 0.217. The summed E-state index contributed by atoms with van der Waals surface area (Å²) in [5.74, 6) is 4.12. The van der Waals surface area contributed by atoms with Gasteiger partial charge in [0, 0.05) is 42.9 Å². The molecule has 3 nitrogen and oxygen atoms in total. The first kappa shape index (κ1) is 29.5. The second-order valence-electron chi connectivity index (χ2n) is 18.0.